The number of carbonyl (C=O) groups is 1. The van der Waals surface area contributed by atoms with E-state index in [1.165, 1.54) is 11.1 Å². The van der Waals surface area contributed by atoms with Crippen molar-refractivity contribution in [2.75, 3.05) is 6.54 Å². The van der Waals surface area contributed by atoms with Crippen LogP contribution in [0.4, 0.5) is 0 Å². The van der Waals surface area contributed by atoms with Gasteiger partial charge < -0.3 is 5.11 Å². The van der Waals surface area contributed by atoms with E-state index in [4.69, 9.17) is 5.11 Å². The molecule has 1 unspecified atom stereocenters. The second kappa shape index (κ2) is 8.83. The number of benzene rings is 1. The average Bonchev–Trinajstić information content (AvgIpc) is 2.46. The molecular weight excluding hydrogens is 262 g/mol. The molecule has 0 bridgehead atoms. The van der Waals surface area contributed by atoms with Gasteiger partial charge in [-0.15, -0.1) is 0 Å². The van der Waals surface area contributed by atoms with E-state index < -0.39 is 5.97 Å². The zero-order chi connectivity index (χ0) is 15.8. The summed E-state index contributed by atoms with van der Waals surface area (Å²) in [5.74, 6) is -0.709. The molecule has 0 radical (unpaired) electrons. The fraction of sp³-hybridized carbons (Fsp3) is 0.611. The molecule has 0 aliphatic carbocycles. The first kappa shape index (κ1) is 17.7. The molecule has 0 aromatic heterocycles. The van der Waals surface area contributed by atoms with Crippen molar-refractivity contribution in [2.24, 2.45) is 0 Å². The van der Waals surface area contributed by atoms with Crippen molar-refractivity contribution in [3.63, 3.8) is 0 Å². The van der Waals surface area contributed by atoms with E-state index in [1.807, 2.05) is 0 Å². The van der Waals surface area contributed by atoms with Gasteiger partial charge in [-0.3, -0.25) is 9.69 Å². The summed E-state index contributed by atoms with van der Waals surface area (Å²) in [6, 6.07) is 9.62. The highest BCUT2D eigenvalue weighted by Crippen LogP contribution is 2.27. The predicted molar refractivity (Wildman–Crippen MR) is 87.6 cm³/mol. The van der Waals surface area contributed by atoms with Crippen LogP contribution in [-0.2, 0) is 11.2 Å². The van der Waals surface area contributed by atoms with Crippen LogP contribution in [-0.4, -0.2) is 28.6 Å². The number of nitrogens with zero attached hydrogens (tertiary/aromatic N) is 1. The van der Waals surface area contributed by atoms with Gasteiger partial charge in [0, 0.05) is 18.5 Å². The van der Waals surface area contributed by atoms with E-state index in [2.05, 4.69) is 56.9 Å². The zero-order valence-electron chi connectivity index (χ0n) is 13.8. The Morgan fingerprint density at radius 3 is 2.24 bits per heavy atom. The summed E-state index contributed by atoms with van der Waals surface area (Å²) in [6.45, 7) is 9.56. The molecule has 0 heterocycles. The topological polar surface area (TPSA) is 40.5 Å². The molecule has 0 saturated carbocycles. The maximum absolute atomic E-state index is 10.7. The number of carboxylic acids is 1. The number of hydrogen-bond acceptors (Lipinski definition) is 2. The number of carboxylic acid groups (broad SMARTS) is 1. The van der Waals surface area contributed by atoms with Gasteiger partial charge in [0.25, 0.3) is 0 Å². The number of hydrogen-bond donors (Lipinski definition) is 1. The van der Waals surface area contributed by atoms with Gasteiger partial charge in [-0.1, -0.05) is 38.1 Å². The van der Waals surface area contributed by atoms with Crippen LogP contribution in [0.2, 0.25) is 0 Å². The summed E-state index contributed by atoms with van der Waals surface area (Å²) in [7, 11) is 0. The summed E-state index contributed by atoms with van der Waals surface area (Å²) in [4.78, 5) is 13.1. The second-order valence-electron chi connectivity index (χ2n) is 5.85. The molecule has 1 atom stereocenters. The molecule has 0 fully saturated rings. The highest BCUT2D eigenvalue weighted by Gasteiger charge is 2.21. The molecular formula is C18H29NO2. The molecule has 118 valence electrons. The van der Waals surface area contributed by atoms with Crippen molar-refractivity contribution >= 4 is 5.97 Å². The molecule has 0 amide bonds. The molecule has 0 aliphatic rings. The van der Waals surface area contributed by atoms with Crippen molar-refractivity contribution in [1.82, 2.24) is 4.90 Å². The Morgan fingerprint density at radius 2 is 1.81 bits per heavy atom. The summed E-state index contributed by atoms with van der Waals surface area (Å²) >= 11 is 0. The van der Waals surface area contributed by atoms with Gasteiger partial charge in [-0.2, -0.15) is 0 Å². The molecule has 1 aromatic rings. The molecule has 3 heteroatoms. The third-order valence-electron chi connectivity index (χ3n) is 4.03. The lowest BCUT2D eigenvalue weighted by molar-refractivity contribution is -0.137. The van der Waals surface area contributed by atoms with E-state index in [1.54, 1.807) is 0 Å². The lowest BCUT2D eigenvalue weighted by Gasteiger charge is -2.35. The van der Waals surface area contributed by atoms with E-state index in [-0.39, 0.29) is 6.42 Å². The molecule has 3 nitrogen and oxygen atoms in total. The Kier molecular flexibility index (Phi) is 7.44. The van der Waals surface area contributed by atoms with Crippen LogP contribution < -0.4 is 0 Å². The van der Waals surface area contributed by atoms with Crippen molar-refractivity contribution in [3.8, 4) is 0 Å². The van der Waals surface area contributed by atoms with Gasteiger partial charge in [0.15, 0.2) is 0 Å². The normalized spacial score (nSPS) is 12.9. The van der Waals surface area contributed by atoms with Crippen LogP contribution in [0.15, 0.2) is 24.3 Å². The zero-order valence-corrected chi connectivity index (χ0v) is 13.8. The first-order chi connectivity index (χ1) is 9.99. The van der Waals surface area contributed by atoms with Gasteiger partial charge in [0.2, 0.25) is 0 Å². The fourth-order valence-electron chi connectivity index (χ4n) is 2.82. The summed E-state index contributed by atoms with van der Waals surface area (Å²) in [6.07, 6.45) is 3.05. The third kappa shape index (κ3) is 5.50. The lowest BCUT2D eigenvalue weighted by atomic mass is 9.99. The second-order valence-corrected chi connectivity index (χ2v) is 5.85. The average molecular weight is 291 g/mol. The Labute approximate surface area is 129 Å². The van der Waals surface area contributed by atoms with Gasteiger partial charge in [-0.05, 0) is 50.8 Å². The molecule has 0 aliphatic heterocycles. The number of aliphatic carboxylic acids is 1. The Balaban J connectivity index is 2.82. The maximum atomic E-state index is 10.7. The van der Waals surface area contributed by atoms with E-state index in [0.29, 0.717) is 18.5 Å². The fourth-order valence-corrected chi connectivity index (χ4v) is 2.82. The van der Waals surface area contributed by atoms with E-state index in [9.17, 15) is 4.79 Å². The van der Waals surface area contributed by atoms with Crippen molar-refractivity contribution in [3.05, 3.63) is 35.4 Å². The quantitative estimate of drug-likeness (QED) is 0.738. The Hall–Kier alpha value is -1.35. The summed E-state index contributed by atoms with van der Waals surface area (Å²) < 4.78 is 0. The lowest BCUT2D eigenvalue weighted by Crippen LogP contribution is -2.35. The van der Waals surface area contributed by atoms with Crippen molar-refractivity contribution < 1.29 is 9.90 Å². The van der Waals surface area contributed by atoms with Gasteiger partial charge in [0.1, 0.15) is 0 Å². The highest BCUT2D eigenvalue weighted by atomic mass is 16.4. The van der Waals surface area contributed by atoms with Gasteiger partial charge >= 0.3 is 5.97 Å². The van der Waals surface area contributed by atoms with Crippen molar-refractivity contribution in [1.29, 1.82) is 0 Å². The monoisotopic (exact) mass is 291 g/mol. The summed E-state index contributed by atoms with van der Waals surface area (Å²) in [5.41, 5.74) is 2.69. The summed E-state index contributed by atoms with van der Waals surface area (Å²) in [5, 5.41) is 8.82. The van der Waals surface area contributed by atoms with Gasteiger partial charge in [0.05, 0.1) is 0 Å². The Morgan fingerprint density at radius 1 is 1.19 bits per heavy atom. The molecule has 0 saturated heterocycles. The van der Waals surface area contributed by atoms with Crippen molar-refractivity contribution in [2.45, 2.75) is 65.5 Å². The minimum absolute atomic E-state index is 0.244. The van der Waals surface area contributed by atoms with Crippen LogP contribution in [0.1, 0.15) is 64.1 Å². The van der Waals surface area contributed by atoms with Crippen LogP contribution in [0.3, 0.4) is 0 Å². The standard InChI is InChI=1S/C18H29NO2/c1-5-15-9-11-16(12-10-15)17(6-2)19(14(3)4)13-7-8-18(20)21/h9-12,14,17H,5-8,13H2,1-4H3,(H,20,21). The van der Waals surface area contributed by atoms with Gasteiger partial charge in [-0.25, -0.2) is 0 Å². The van der Waals surface area contributed by atoms with E-state index in [0.717, 1.165) is 19.4 Å². The van der Waals surface area contributed by atoms with Crippen LogP contribution >= 0.6 is 0 Å². The smallest absolute Gasteiger partial charge is 0.303 e. The number of aryl methyl sites for hydroxylation is 1. The first-order valence-corrected chi connectivity index (χ1v) is 8.05. The van der Waals surface area contributed by atoms with E-state index >= 15 is 0 Å². The Bertz CT molecular complexity index is 425. The minimum Gasteiger partial charge on any atom is -0.481 e. The molecule has 0 spiro atoms. The molecule has 1 rings (SSSR count). The van der Waals surface area contributed by atoms with Crippen LogP contribution in [0, 0.1) is 0 Å². The molecule has 1 aromatic carbocycles. The van der Waals surface area contributed by atoms with Crippen LogP contribution in [0.25, 0.3) is 0 Å². The first-order valence-electron chi connectivity index (χ1n) is 8.05. The SMILES string of the molecule is CCc1ccc(C(CC)N(CCCC(=O)O)C(C)C)cc1. The third-order valence-corrected chi connectivity index (χ3v) is 4.03. The number of rotatable bonds is 9. The highest BCUT2D eigenvalue weighted by molar-refractivity contribution is 5.66. The minimum atomic E-state index is -0.709. The van der Waals surface area contributed by atoms with Crippen LogP contribution in [0.5, 0.6) is 0 Å². The predicted octanol–water partition coefficient (Wildman–Crippen LogP) is 4.28. The maximum Gasteiger partial charge on any atom is 0.303 e. The molecule has 21 heavy (non-hydrogen) atoms. The molecule has 1 N–H and O–H groups in total. The largest absolute Gasteiger partial charge is 0.481 e.